The minimum Gasteiger partial charge on any atom is -0.460 e. The molecule has 1 N–H and O–H groups in total. The number of ether oxygens (including phenoxy) is 3. The second kappa shape index (κ2) is 8.02. The summed E-state index contributed by atoms with van der Waals surface area (Å²) in [7, 11) is 0. The first kappa shape index (κ1) is 24.7. The molecule has 0 aromatic heterocycles. The van der Waals surface area contributed by atoms with Gasteiger partial charge in [0.2, 0.25) is 5.78 Å². The zero-order valence-corrected chi connectivity index (χ0v) is 20.2. The standard InChI is InChI=1S/C26H32F2O7/c1-4-5-22-34-21-10-15-16-9-18(27)17-8-14(30)6-7-23(17,2)25(16,28)19(31)11-24(15,3)26(21,35-22)20(32)12-33-13-29/h6-8,13,15-16,18-19,21-22,31H,4-5,9-12H2,1-3H3/t15-,16-,18-,19-,21+,22?,23-,24-,25-,26+/m0/s1. The van der Waals surface area contributed by atoms with Crippen LogP contribution in [0.5, 0.6) is 0 Å². The molecule has 1 aliphatic heterocycles. The number of Topliss-reactive ketones (excluding diaryl/α,β-unsaturated/α-hetero) is 1. The Bertz CT molecular complexity index is 1010. The molecule has 35 heavy (non-hydrogen) atoms. The third-order valence-corrected chi connectivity index (χ3v) is 9.64. The van der Waals surface area contributed by atoms with Gasteiger partial charge in [-0.2, -0.15) is 0 Å². The van der Waals surface area contributed by atoms with Gasteiger partial charge >= 0.3 is 0 Å². The van der Waals surface area contributed by atoms with Gasteiger partial charge in [-0.1, -0.05) is 26.3 Å². The van der Waals surface area contributed by atoms with Crippen molar-refractivity contribution in [2.75, 3.05) is 6.61 Å². The third-order valence-electron chi connectivity index (χ3n) is 9.64. The number of aliphatic hydroxyl groups excluding tert-OH is 1. The van der Waals surface area contributed by atoms with E-state index in [9.17, 15) is 19.5 Å². The van der Waals surface area contributed by atoms with Crippen LogP contribution in [0.15, 0.2) is 23.8 Å². The van der Waals surface area contributed by atoms with Gasteiger partial charge in [0.25, 0.3) is 6.47 Å². The summed E-state index contributed by atoms with van der Waals surface area (Å²) >= 11 is 0. The molecular formula is C26H32F2O7. The maximum absolute atomic E-state index is 17.3. The molecule has 5 rings (SSSR count). The zero-order chi connectivity index (χ0) is 25.4. The van der Waals surface area contributed by atoms with E-state index in [0.29, 0.717) is 6.42 Å². The molecule has 1 unspecified atom stereocenters. The van der Waals surface area contributed by atoms with Crippen LogP contribution in [-0.2, 0) is 28.6 Å². The van der Waals surface area contributed by atoms with Crippen LogP contribution < -0.4 is 0 Å². The first-order chi connectivity index (χ1) is 16.5. The highest BCUT2D eigenvalue weighted by Gasteiger charge is 2.80. The zero-order valence-electron chi connectivity index (χ0n) is 20.2. The van der Waals surface area contributed by atoms with E-state index >= 15 is 8.78 Å². The molecule has 7 nitrogen and oxygen atoms in total. The molecule has 192 valence electrons. The topological polar surface area (TPSA) is 99.1 Å². The largest absolute Gasteiger partial charge is 0.460 e. The van der Waals surface area contributed by atoms with Crippen LogP contribution in [0.4, 0.5) is 8.78 Å². The Morgan fingerprint density at radius 3 is 2.74 bits per heavy atom. The van der Waals surface area contributed by atoms with Crippen LogP contribution in [0, 0.1) is 22.7 Å². The highest BCUT2D eigenvalue weighted by atomic mass is 19.1. The monoisotopic (exact) mass is 494 g/mol. The van der Waals surface area contributed by atoms with E-state index < -0.39 is 76.8 Å². The summed E-state index contributed by atoms with van der Waals surface area (Å²) in [5, 5.41) is 11.5. The van der Waals surface area contributed by atoms with Crippen molar-refractivity contribution in [3.63, 3.8) is 0 Å². The Balaban J connectivity index is 1.60. The summed E-state index contributed by atoms with van der Waals surface area (Å²) in [4.78, 5) is 36.4. The number of halogens is 2. The van der Waals surface area contributed by atoms with Crippen LogP contribution in [0.2, 0.25) is 0 Å². The van der Waals surface area contributed by atoms with Crippen LogP contribution >= 0.6 is 0 Å². The first-order valence-electron chi connectivity index (χ1n) is 12.4. The lowest BCUT2D eigenvalue weighted by molar-refractivity contribution is -0.234. The maximum Gasteiger partial charge on any atom is 0.293 e. The molecular weight excluding hydrogens is 462 g/mol. The smallest absolute Gasteiger partial charge is 0.293 e. The van der Waals surface area contributed by atoms with Crippen molar-refractivity contribution in [1.82, 2.24) is 0 Å². The average Bonchev–Trinajstić information content (AvgIpc) is 3.28. The van der Waals surface area contributed by atoms with Gasteiger partial charge in [-0.25, -0.2) is 8.78 Å². The van der Waals surface area contributed by atoms with Crippen molar-refractivity contribution >= 4 is 18.0 Å². The molecule has 10 atom stereocenters. The van der Waals surface area contributed by atoms with E-state index in [0.717, 1.165) is 12.5 Å². The fourth-order valence-corrected chi connectivity index (χ4v) is 8.10. The molecule has 0 aromatic carbocycles. The fourth-order valence-electron chi connectivity index (χ4n) is 8.10. The summed E-state index contributed by atoms with van der Waals surface area (Å²) in [5.74, 6) is -2.41. The Labute approximate surface area is 202 Å². The number of carbonyl (C=O) groups excluding carboxylic acids is 3. The number of aliphatic hydroxyl groups is 1. The van der Waals surface area contributed by atoms with Gasteiger partial charge in [0.05, 0.1) is 12.2 Å². The van der Waals surface area contributed by atoms with Crippen molar-refractivity contribution in [2.24, 2.45) is 22.7 Å². The first-order valence-corrected chi connectivity index (χ1v) is 12.4. The van der Waals surface area contributed by atoms with Crippen molar-refractivity contribution in [2.45, 2.75) is 88.8 Å². The van der Waals surface area contributed by atoms with Gasteiger partial charge in [0.15, 0.2) is 29.9 Å². The molecule has 0 radical (unpaired) electrons. The van der Waals surface area contributed by atoms with E-state index in [1.807, 2.05) is 6.92 Å². The molecule has 0 bridgehead atoms. The lowest BCUT2D eigenvalue weighted by atomic mass is 9.44. The molecule has 0 aromatic rings. The molecule has 9 heteroatoms. The van der Waals surface area contributed by atoms with E-state index in [1.165, 1.54) is 19.1 Å². The predicted molar refractivity (Wildman–Crippen MR) is 118 cm³/mol. The molecule has 3 saturated carbocycles. The summed E-state index contributed by atoms with van der Waals surface area (Å²) in [6.07, 6.45) is 0.413. The molecule has 4 fully saturated rings. The number of alkyl halides is 2. The second-order valence-corrected chi connectivity index (χ2v) is 11.1. The van der Waals surface area contributed by atoms with Gasteiger partial charge in [-0.15, -0.1) is 0 Å². The normalized spacial score (nSPS) is 50.0. The van der Waals surface area contributed by atoms with E-state index in [2.05, 4.69) is 0 Å². The van der Waals surface area contributed by atoms with Crippen LogP contribution in [0.1, 0.15) is 52.9 Å². The summed E-state index contributed by atoms with van der Waals surface area (Å²) < 4.78 is 50.1. The van der Waals surface area contributed by atoms with Gasteiger partial charge in [-0.3, -0.25) is 14.4 Å². The van der Waals surface area contributed by atoms with Gasteiger partial charge in [-0.05, 0) is 56.3 Å². The number of hydrogen-bond acceptors (Lipinski definition) is 7. The Kier molecular flexibility index (Phi) is 5.66. The van der Waals surface area contributed by atoms with Crippen molar-refractivity contribution in [1.29, 1.82) is 0 Å². The van der Waals surface area contributed by atoms with Crippen molar-refractivity contribution < 1.29 is 42.5 Å². The predicted octanol–water partition coefficient (Wildman–Crippen LogP) is 2.94. The molecule has 0 spiro atoms. The quantitative estimate of drug-likeness (QED) is 0.567. The molecule has 5 aliphatic rings. The highest BCUT2D eigenvalue weighted by Crippen LogP contribution is 2.72. The molecule has 1 saturated heterocycles. The molecule has 4 aliphatic carbocycles. The van der Waals surface area contributed by atoms with Crippen LogP contribution in [-0.4, -0.2) is 65.7 Å². The fraction of sp³-hybridized carbons (Fsp3) is 0.731. The lowest BCUT2D eigenvalue weighted by Gasteiger charge is -2.63. The van der Waals surface area contributed by atoms with Crippen LogP contribution in [0.3, 0.4) is 0 Å². The van der Waals surface area contributed by atoms with Gasteiger partial charge in [0, 0.05) is 16.7 Å². The Morgan fingerprint density at radius 1 is 1.31 bits per heavy atom. The number of hydrogen-bond donors (Lipinski definition) is 1. The van der Waals surface area contributed by atoms with Crippen molar-refractivity contribution in [3.05, 3.63) is 23.8 Å². The van der Waals surface area contributed by atoms with Crippen LogP contribution in [0.25, 0.3) is 0 Å². The minimum atomic E-state index is -2.26. The summed E-state index contributed by atoms with van der Waals surface area (Å²) in [6, 6.07) is 0. The number of fused-ring (bicyclic) bond motifs is 7. The lowest BCUT2D eigenvalue weighted by Crippen LogP contribution is -2.71. The van der Waals surface area contributed by atoms with Crippen molar-refractivity contribution in [3.8, 4) is 0 Å². The minimum absolute atomic E-state index is 0.0466. The van der Waals surface area contributed by atoms with E-state index in [-0.39, 0.29) is 31.3 Å². The van der Waals surface area contributed by atoms with E-state index in [1.54, 1.807) is 6.92 Å². The molecule has 1 heterocycles. The summed E-state index contributed by atoms with van der Waals surface area (Å²) in [6.45, 7) is 4.91. The highest BCUT2D eigenvalue weighted by molar-refractivity contribution is 6.01. The van der Waals surface area contributed by atoms with Gasteiger partial charge < -0.3 is 19.3 Å². The maximum atomic E-state index is 17.3. The third kappa shape index (κ3) is 2.95. The average molecular weight is 495 g/mol. The summed E-state index contributed by atoms with van der Waals surface area (Å²) in [5.41, 5.74) is -6.36. The molecule has 0 amide bonds. The number of rotatable bonds is 6. The Hall–Kier alpha value is -1.97. The van der Waals surface area contributed by atoms with E-state index in [4.69, 9.17) is 14.2 Å². The number of allylic oxidation sites excluding steroid dienone is 4. The Morgan fingerprint density at radius 2 is 2.06 bits per heavy atom. The second-order valence-electron chi connectivity index (χ2n) is 11.1. The van der Waals surface area contributed by atoms with Gasteiger partial charge in [0.1, 0.15) is 6.17 Å². The number of ketones is 2. The SMILES string of the molecule is CCCC1O[C@@H]2C[C@H]3[C@@H]4C[C@H](F)C5=CC(=O)C=C[C@]5(C)[C@@]4(F)[C@@H](O)C[C@]3(C)[C@]2(C(=O)COC=O)O1. The number of carbonyl (C=O) groups is 3.